The van der Waals surface area contributed by atoms with Gasteiger partial charge in [0, 0.05) is 15.8 Å². The predicted molar refractivity (Wildman–Crippen MR) is 73.4 cm³/mol. The van der Waals surface area contributed by atoms with E-state index in [1.807, 2.05) is 11.3 Å². The average Bonchev–Trinajstić information content (AvgIpc) is 2.96. The van der Waals surface area contributed by atoms with Crippen molar-refractivity contribution in [2.24, 2.45) is 5.73 Å². The van der Waals surface area contributed by atoms with Gasteiger partial charge in [-0.05, 0) is 38.3 Å². The molecule has 1 aliphatic carbocycles. The molecule has 0 bridgehead atoms. The lowest BCUT2D eigenvalue weighted by molar-refractivity contribution is -0.0217. The Labute approximate surface area is 108 Å². The summed E-state index contributed by atoms with van der Waals surface area (Å²) in [5.74, 6) is 0. The van der Waals surface area contributed by atoms with E-state index in [1.165, 1.54) is 35.4 Å². The second-order valence-electron chi connectivity index (χ2n) is 4.98. The molecule has 96 valence electrons. The van der Waals surface area contributed by atoms with Gasteiger partial charge in [-0.25, -0.2) is 0 Å². The van der Waals surface area contributed by atoms with Crippen molar-refractivity contribution in [3.8, 4) is 0 Å². The highest BCUT2D eigenvalue weighted by atomic mass is 32.1. The lowest BCUT2D eigenvalue weighted by Crippen LogP contribution is -2.31. The van der Waals surface area contributed by atoms with Crippen LogP contribution in [0.15, 0.2) is 12.1 Å². The Balaban J connectivity index is 2.07. The van der Waals surface area contributed by atoms with Crippen LogP contribution >= 0.6 is 11.3 Å². The van der Waals surface area contributed by atoms with Crippen molar-refractivity contribution in [3.05, 3.63) is 21.9 Å². The average molecular weight is 253 g/mol. The van der Waals surface area contributed by atoms with Crippen LogP contribution in [0.5, 0.6) is 0 Å². The molecule has 0 aromatic carbocycles. The third-order valence-electron chi connectivity index (χ3n) is 3.54. The van der Waals surface area contributed by atoms with Crippen LogP contribution in [0.3, 0.4) is 0 Å². The second-order valence-corrected chi connectivity index (χ2v) is 6.30. The van der Waals surface area contributed by atoms with E-state index in [2.05, 4.69) is 26.0 Å². The normalized spacial score (nSPS) is 20.6. The van der Waals surface area contributed by atoms with Crippen molar-refractivity contribution in [1.82, 2.24) is 0 Å². The first kappa shape index (κ1) is 13.1. The number of hydrogen-bond donors (Lipinski definition) is 1. The summed E-state index contributed by atoms with van der Waals surface area (Å²) in [5.41, 5.74) is 6.22. The second kappa shape index (κ2) is 5.98. The molecule has 2 atom stereocenters. The van der Waals surface area contributed by atoms with Crippen molar-refractivity contribution in [3.63, 3.8) is 0 Å². The highest BCUT2D eigenvalue weighted by Gasteiger charge is 2.26. The summed E-state index contributed by atoms with van der Waals surface area (Å²) in [7, 11) is 0. The SMILES string of the molecule is CCC(N)C(OC1CCCC1)c1ccc(C)s1. The summed E-state index contributed by atoms with van der Waals surface area (Å²) in [4.78, 5) is 2.63. The van der Waals surface area contributed by atoms with Crippen LogP contribution in [0.25, 0.3) is 0 Å². The van der Waals surface area contributed by atoms with Crippen LogP contribution in [-0.4, -0.2) is 12.1 Å². The Morgan fingerprint density at radius 2 is 2.12 bits per heavy atom. The Morgan fingerprint density at radius 1 is 1.41 bits per heavy atom. The van der Waals surface area contributed by atoms with Crippen molar-refractivity contribution in [2.75, 3.05) is 0 Å². The van der Waals surface area contributed by atoms with E-state index in [0.717, 1.165) is 6.42 Å². The Bertz CT molecular complexity index is 344. The monoisotopic (exact) mass is 253 g/mol. The summed E-state index contributed by atoms with van der Waals surface area (Å²) in [5, 5.41) is 0. The van der Waals surface area contributed by atoms with Gasteiger partial charge >= 0.3 is 0 Å². The van der Waals surface area contributed by atoms with E-state index < -0.39 is 0 Å². The third-order valence-corrected chi connectivity index (χ3v) is 4.61. The fraction of sp³-hybridized carbons (Fsp3) is 0.714. The third kappa shape index (κ3) is 3.30. The van der Waals surface area contributed by atoms with Gasteiger partial charge in [0.1, 0.15) is 6.10 Å². The largest absolute Gasteiger partial charge is 0.368 e. The summed E-state index contributed by atoms with van der Waals surface area (Å²) in [6.45, 7) is 4.27. The van der Waals surface area contributed by atoms with Gasteiger partial charge in [-0.3, -0.25) is 0 Å². The van der Waals surface area contributed by atoms with Crippen LogP contribution in [0.2, 0.25) is 0 Å². The van der Waals surface area contributed by atoms with Gasteiger partial charge in [-0.2, -0.15) is 0 Å². The number of rotatable bonds is 5. The zero-order valence-electron chi connectivity index (χ0n) is 10.8. The zero-order valence-corrected chi connectivity index (χ0v) is 11.6. The Morgan fingerprint density at radius 3 is 2.65 bits per heavy atom. The van der Waals surface area contributed by atoms with Gasteiger partial charge in [0.15, 0.2) is 0 Å². The fourth-order valence-electron chi connectivity index (χ4n) is 2.43. The molecule has 0 saturated heterocycles. The van der Waals surface area contributed by atoms with Crippen molar-refractivity contribution in [1.29, 1.82) is 0 Å². The molecule has 0 radical (unpaired) electrons. The van der Waals surface area contributed by atoms with E-state index in [0.29, 0.717) is 6.10 Å². The quantitative estimate of drug-likeness (QED) is 0.866. The first-order valence-electron chi connectivity index (χ1n) is 6.68. The molecule has 0 spiro atoms. The molecule has 0 amide bonds. The van der Waals surface area contributed by atoms with Crippen LogP contribution in [-0.2, 0) is 4.74 Å². The molecular weight excluding hydrogens is 230 g/mol. The first-order valence-corrected chi connectivity index (χ1v) is 7.49. The molecule has 2 rings (SSSR count). The lowest BCUT2D eigenvalue weighted by atomic mass is 10.1. The molecule has 17 heavy (non-hydrogen) atoms. The molecule has 1 aliphatic rings. The molecule has 2 nitrogen and oxygen atoms in total. The summed E-state index contributed by atoms with van der Waals surface area (Å²) < 4.78 is 6.25. The summed E-state index contributed by atoms with van der Waals surface area (Å²) in [6, 6.07) is 4.45. The van der Waals surface area contributed by atoms with E-state index in [-0.39, 0.29) is 12.1 Å². The van der Waals surface area contributed by atoms with Crippen molar-refractivity contribution < 1.29 is 4.74 Å². The van der Waals surface area contributed by atoms with Gasteiger partial charge in [-0.1, -0.05) is 19.8 Å². The van der Waals surface area contributed by atoms with Gasteiger partial charge in [0.2, 0.25) is 0 Å². The molecule has 0 aliphatic heterocycles. The van der Waals surface area contributed by atoms with Crippen molar-refractivity contribution >= 4 is 11.3 Å². The standard InChI is InChI=1S/C14H23NOS/c1-3-12(15)14(13-9-8-10(2)17-13)16-11-6-4-5-7-11/h8-9,11-12,14H,3-7,15H2,1-2H3. The van der Waals surface area contributed by atoms with Crippen LogP contribution < -0.4 is 5.73 Å². The number of nitrogens with two attached hydrogens (primary N) is 1. The molecule has 2 N–H and O–H groups in total. The maximum atomic E-state index is 6.25. The minimum absolute atomic E-state index is 0.0989. The van der Waals surface area contributed by atoms with Gasteiger partial charge in [0.25, 0.3) is 0 Å². The molecule has 2 unspecified atom stereocenters. The number of ether oxygens (including phenoxy) is 1. The van der Waals surface area contributed by atoms with E-state index in [4.69, 9.17) is 10.5 Å². The fourth-order valence-corrected chi connectivity index (χ4v) is 3.42. The minimum Gasteiger partial charge on any atom is -0.368 e. The zero-order chi connectivity index (χ0) is 12.3. The minimum atomic E-state index is 0.0989. The number of thiophene rings is 1. The van der Waals surface area contributed by atoms with Gasteiger partial charge in [-0.15, -0.1) is 11.3 Å². The smallest absolute Gasteiger partial charge is 0.107 e. The maximum absolute atomic E-state index is 6.25. The molecule has 1 heterocycles. The Kier molecular flexibility index (Phi) is 4.60. The maximum Gasteiger partial charge on any atom is 0.107 e. The van der Waals surface area contributed by atoms with Gasteiger partial charge in [0.05, 0.1) is 6.10 Å². The molecule has 1 saturated carbocycles. The molecule has 1 fully saturated rings. The van der Waals surface area contributed by atoms with Crippen LogP contribution in [0.1, 0.15) is 54.9 Å². The molecular formula is C14H23NOS. The topological polar surface area (TPSA) is 35.2 Å². The highest BCUT2D eigenvalue weighted by molar-refractivity contribution is 7.12. The van der Waals surface area contributed by atoms with Gasteiger partial charge < -0.3 is 10.5 Å². The van der Waals surface area contributed by atoms with Crippen LogP contribution in [0.4, 0.5) is 0 Å². The van der Waals surface area contributed by atoms with Crippen molar-refractivity contribution in [2.45, 2.75) is 64.2 Å². The highest BCUT2D eigenvalue weighted by Crippen LogP contribution is 2.33. The van der Waals surface area contributed by atoms with E-state index >= 15 is 0 Å². The summed E-state index contributed by atoms with van der Waals surface area (Å²) >= 11 is 1.82. The first-order chi connectivity index (χ1) is 8.20. The molecule has 3 heteroatoms. The number of hydrogen-bond acceptors (Lipinski definition) is 3. The van der Waals surface area contributed by atoms with Crippen LogP contribution in [0, 0.1) is 6.92 Å². The van der Waals surface area contributed by atoms with E-state index in [1.54, 1.807) is 0 Å². The number of aryl methyl sites for hydroxylation is 1. The molecule has 1 aromatic rings. The lowest BCUT2D eigenvalue weighted by Gasteiger charge is -2.25. The molecule has 1 aromatic heterocycles. The Hall–Kier alpha value is -0.380. The predicted octanol–water partition coefficient (Wildman–Crippen LogP) is 3.79. The summed E-state index contributed by atoms with van der Waals surface area (Å²) in [6.07, 6.45) is 6.52. The van der Waals surface area contributed by atoms with E-state index in [9.17, 15) is 0 Å².